The second-order valence-corrected chi connectivity index (χ2v) is 7.46. The van der Waals surface area contributed by atoms with E-state index in [0.717, 1.165) is 24.8 Å². The van der Waals surface area contributed by atoms with E-state index in [1.807, 2.05) is 12.1 Å². The maximum absolute atomic E-state index is 12.4. The fraction of sp³-hybridized carbons (Fsp3) is 0.533. The first kappa shape index (κ1) is 16.0. The van der Waals surface area contributed by atoms with Crippen LogP contribution in [0.25, 0.3) is 0 Å². The quantitative estimate of drug-likeness (QED) is 0.748. The van der Waals surface area contributed by atoms with Gasteiger partial charge in [-0.1, -0.05) is 25.5 Å². The molecule has 0 aliphatic carbocycles. The molecular weight excluding hydrogens is 288 g/mol. The average molecular weight is 310 g/mol. The molecule has 116 valence electrons. The topological polar surface area (TPSA) is 57.5 Å². The molecule has 0 aromatic heterocycles. The minimum atomic E-state index is -3.54. The van der Waals surface area contributed by atoms with Crippen molar-refractivity contribution >= 4 is 15.9 Å². The normalized spacial score (nSPS) is 21.1. The molecule has 0 N–H and O–H groups in total. The lowest BCUT2D eigenvalue weighted by molar-refractivity contribution is -0.128. The lowest BCUT2D eigenvalue weighted by Crippen LogP contribution is -2.30. The van der Waals surface area contributed by atoms with Crippen molar-refractivity contribution in [2.75, 3.05) is 20.6 Å². The second kappa shape index (κ2) is 6.15. The van der Waals surface area contributed by atoms with Crippen LogP contribution in [0, 0.1) is 0 Å². The van der Waals surface area contributed by atoms with Crippen LogP contribution in [0.15, 0.2) is 29.2 Å². The number of unbranched alkanes of at least 4 members (excludes halogenated alkanes) is 1. The van der Waals surface area contributed by atoms with Crippen molar-refractivity contribution in [3.63, 3.8) is 0 Å². The highest BCUT2D eigenvalue weighted by molar-refractivity contribution is 7.89. The first-order chi connectivity index (χ1) is 9.87. The van der Waals surface area contributed by atoms with E-state index in [0.29, 0.717) is 0 Å². The highest BCUT2D eigenvalue weighted by Crippen LogP contribution is 2.29. The number of sulfonamides is 1. The van der Waals surface area contributed by atoms with Gasteiger partial charge in [-0.25, -0.2) is 8.42 Å². The Morgan fingerprint density at radius 2 is 1.90 bits per heavy atom. The highest BCUT2D eigenvalue weighted by Gasteiger charge is 2.49. The monoisotopic (exact) mass is 310 g/mol. The van der Waals surface area contributed by atoms with Crippen molar-refractivity contribution < 1.29 is 13.2 Å². The number of amides is 1. The Morgan fingerprint density at radius 3 is 2.43 bits per heavy atom. The van der Waals surface area contributed by atoms with Crippen LogP contribution in [-0.2, 0) is 21.2 Å². The first-order valence-electron chi connectivity index (χ1n) is 7.20. The number of carbonyl (C=O) groups excluding carboxylic acids is 1. The Morgan fingerprint density at radius 1 is 1.29 bits per heavy atom. The second-order valence-electron chi connectivity index (χ2n) is 5.57. The van der Waals surface area contributed by atoms with E-state index >= 15 is 0 Å². The van der Waals surface area contributed by atoms with E-state index in [-0.39, 0.29) is 17.3 Å². The Kier molecular flexibility index (Phi) is 4.68. The lowest BCUT2D eigenvalue weighted by Gasteiger charge is -2.11. The zero-order valence-electron chi connectivity index (χ0n) is 12.7. The highest BCUT2D eigenvalue weighted by atomic mass is 32.2. The molecule has 6 heteroatoms. The Labute approximate surface area is 126 Å². The number of aryl methyl sites for hydroxylation is 1. The lowest BCUT2D eigenvalue weighted by atomic mass is 10.1. The van der Waals surface area contributed by atoms with Crippen LogP contribution in [0.3, 0.4) is 0 Å². The van der Waals surface area contributed by atoms with Crippen molar-refractivity contribution in [2.24, 2.45) is 0 Å². The molecule has 21 heavy (non-hydrogen) atoms. The van der Waals surface area contributed by atoms with E-state index in [9.17, 15) is 13.2 Å². The molecule has 2 rings (SSSR count). The van der Waals surface area contributed by atoms with Crippen molar-refractivity contribution in [2.45, 2.75) is 37.1 Å². The summed E-state index contributed by atoms with van der Waals surface area (Å²) in [5.74, 6) is -0.168. The van der Waals surface area contributed by atoms with E-state index in [1.54, 1.807) is 26.2 Å². The summed E-state index contributed by atoms with van der Waals surface area (Å²) in [6, 6.07) is 6.44. The molecule has 1 aromatic rings. The summed E-state index contributed by atoms with van der Waals surface area (Å²) in [6.07, 6.45) is 3.17. The third-order valence-corrected chi connectivity index (χ3v) is 5.53. The molecule has 0 bridgehead atoms. The van der Waals surface area contributed by atoms with Gasteiger partial charge in [-0.2, -0.15) is 4.31 Å². The molecule has 1 aromatic carbocycles. The molecule has 2 atom stereocenters. The van der Waals surface area contributed by atoms with Gasteiger partial charge in [0.1, 0.15) is 6.04 Å². The first-order valence-corrected chi connectivity index (χ1v) is 8.64. The molecule has 0 spiro atoms. The van der Waals surface area contributed by atoms with Crippen LogP contribution in [0.1, 0.15) is 25.3 Å². The van der Waals surface area contributed by atoms with Gasteiger partial charge >= 0.3 is 0 Å². The maximum atomic E-state index is 12.4. The summed E-state index contributed by atoms with van der Waals surface area (Å²) in [5.41, 5.74) is 1.14. The third kappa shape index (κ3) is 3.44. The molecule has 1 saturated heterocycles. The molecule has 1 heterocycles. The molecule has 2 unspecified atom stereocenters. The number of hydrogen-bond donors (Lipinski definition) is 0. The van der Waals surface area contributed by atoms with Crippen LogP contribution in [0.2, 0.25) is 0 Å². The molecule has 1 aliphatic rings. The van der Waals surface area contributed by atoms with E-state index in [4.69, 9.17) is 0 Å². The van der Waals surface area contributed by atoms with Crippen molar-refractivity contribution in [3.8, 4) is 0 Å². The van der Waals surface area contributed by atoms with Crippen molar-refractivity contribution in [3.05, 3.63) is 29.8 Å². The van der Waals surface area contributed by atoms with Gasteiger partial charge in [0, 0.05) is 20.6 Å². The Hall–Kier alpha value is -1.40. The van der Waals surface area contributed by atoms with Gasteiger partial charge in [0.15, 0.2) is 0 Å². The fourth-order valence-corrected chi connectivity index (χ4v) is 3.75. The predicted octanol–water partition coefficient (Wildman–Crippen LogP) is 1.49. The van der Waals surface area contributed by atoms with Crippen LogP contribution in [-0.4, -0.2) is 50.2 Å². The Balaban J connectivity index is 2.09. The summed E-state index contributed by atoms with van der Waals surface area (Å²) >= 11 is 0. The number of carbonyl (C=O) groups is 1. The molecule has 1 aliphatic heterocycles. The van der Waals surface area contributed by atoms with Crippen molar-refractivity contribution in [1.29, 1.82) is 0 Å². The molecule has 5 nitrogen and oxygen atoms in total. The average Bonchev–Trinajstić information content (AvgIpc) is 3.25. The minimum absolute atomic E-state index is 0.168. The zero-order chi connectivity index (χ0) is 15.6. The number of benzene rings is 1. The van der Waals surface area contributed by atoms with Gasteiger partial charge < -0.3 is 4.90 Å². The predicted molar refractivity (Wildman–Crippen MR) is 81.4 cm³/mol. The van der Waals surface area contributed by atoms with Gasteiger partial charge in [0.2, 0.25) is 15.9 Å². The largest absolute Gasteiger partial charge is 0.347 e. The fourth-order valence-electron chi connectivity index (χ4n) is 2.23. The summed E-state index contributed by atoms with van der Waals surface area (Å²) in [5, 5.41) is 0. The molecule has 0 saturated carbocycles. The van der Waals surface area contributed by atoms with Crippen LogP contribution in [0.4, 0.5) is 0 Å². The molecular formula is C15H22N2O3S. The van der Waals surface area contributed by atoms with Gasteiger partial charge in [-0.3, -0.25) is 4.79 Å². The van der Waals surface area contributed by atoms with E-state index < -0.39 is 16.1 Å². The Bertz CT molecular complexity index is 608. The van der Waals surface area contributed by atoms with Gasteiger partial charge in [-0.15, -0.1) is 0 Å². The summed E-state index contributed by atoms with van der Waals surface area (Å²) in [7, 11) is -0.279. The summed E-state index contributed by atoms with van der Waals surface area (Å²) in [6.45, 7) is 2.40. The van der Waals surface area contributed by atoms with E-state index in [2.05, 4.69) is 6.92 Å². The number of nitrogens with zero attached hydrogens (tertiary/aromatic N) is 2. The zero-order valence-corrected chi connectivity index (χ0v) is 13.6. The smallest absolute Gasteiger partial charge is 0.243 e. The van der Waals surface area contributed by atoms with E-state index in [1.165, 1.54) is 9.21 Å². The van der Waals surface area contributed by atoms with Gasteiger partial charge in [0.25, 0.3) is 0 Å². The summed E-state index contributed by atoms with van der Waals surface area (Å²) in [4.78, 5) is 13.5. The number of rotatable bonds is 6. The molecule has 1 fully saturated rings. The maximum Gasteiger partial charge on any atom is 0.243 e. The molecule has 1 amide bonds. The SMILES string of the molecule is CCCCc1ccc(S(=O)(=O)N2CC2C(=O)N(C)C)cc1. The van der Waals surface area contributed by atoms with Gasteiger partial charge in [0.05, 0.1) is 4.90 Å². The van der Waals surface area contributed by atoms with Gasteiger partial charge in [-0.05, 0) is 30.5 Å². The number of hydrogen-bond acceptors (Lipinski definition) is 3. The third-order valence-electron chi connectivity index (χ3n) is 3.64. The van der Waals surface area contributed by atoms with Crippen LogP contribution in [0.5, 0.6) is 0 Å². The number of likely N-dealkylation sites (N-methyl/N-ethyl adjacent to an activating group) is 1. The van der Waals surface area contributed by atoms with Crippen LogP contribution < -0.4 is 0 Å². The standard InChI is InChI=1S/C15H22N2O3S/c1-4-5-6-12-7-9-13(10-8-12)21(19,20)17-11-14(17)15(18)16(2)3/h7-10,14H,4-6,11H2,1-3H3. The summed E-state index contributed by atoms with van der Waals surface area (Å²) < 4.78 is 26.1. The van der Waals surface area contributed by atoms with Crippen molar-refractivity contribution in [1.82, 2.24) is 9.21 Å². The minimum Gasteiger partial charge on any atom is -0.347 e. The van der Waals surface area contributed by atoms with Crippen LogP contribution >= 0.6 is 0 Å². The molecule has 0 radical (unpaired) electrons.